The van der Waals surface area contributed by atoms with E-state index in [1.165, 1.54) is 11.8 Å². The Kier molecular flexibility index (Phi) is 5.16. The minimum absolute atomic E-state index is 0.326. The molecular formula is C13H16ClNO3. The van der Waals surface area contributed by atoms with Crippen molar-refractivity contribution in [1.29, 1.82) is 0 Å². The Hall–Kier alpha value is -1.55. The molecule has 98 valence electrons. The standard InChI is InChI=1S/C13H16ClNO3/c1-3-15(12(16)9(2)13(17)18)8-10-6-4-5-7-11(10)14/h4-7,9H,3,8H2,1-2H3,(H,17,18). The number of carbonyl (C=O) groups excluding carboxylic acids is 1. The van der Waals surface area contributed by atoms with Gasteiger partial charge in [0.2, 0.25) is 5.91 Å². The molecule has 5 heteroatoms. The Labute approximate surface area is 111 Å². The number of carboxylic acids is 1. The molecule has 4 nitrogen and oxygen atoms in total. The molecule has 1 atom stereocenters. The van der Waals surface area contributed by atoms with Gasteiger partial charge < -0.3 is 10.0 Å². The molecule has 1 N–H and O–H groups in total. The van der Waals surface area contributed by atoms with Gasteiger partial charge in [-0.05, 0) is 25.5 Å². The smallest absolute Gasteiger partial charge is 0.315 e. The van der Waals surface area contributed by atoms with Crippen LogP contribution in [0.15, 0.2) is 24.3 Å². The van der Waals surface area contributed by atoms with Gasteiger partial charge >= 0.3 is 5.97 Å². The maximum absolute atomic E-state index is 11.9. The van der Waals surface area contributed by atoms with Crippen LogP contribution < -0.4 is 0 Å². The molecule has 0 aliphatic carbocycles. The number of halogens is 1. The van der Waals surface area contributed by atoms with E-state index in [4.69, 9.17) is 16.7 Å². The summed E-state index contributed by atoms with van der Waals surface area (Å²) in [6.07, 6.45) is 0. The summed E-state index contributed by atoms with van der Waals surface area (Å²) >= 11 is 6.02. The van der Waals surface area contributed by atoms with Gasteiger partial charge in [-0.3, -0.25) is 9.59 Å². The first kappa shape index (κ1) is 14.5. The molecule has 18 heavy (non-hydrogen) atoms. The highest BCUT2D eigenvalue weighted by atomic mass is 35.5. The Balaban J connectivity index is 2.83. The van der Waals surface area contributed by atoms with Crippen LogP contribution in [0.4, 0.5) is 0 Å². The summed E-state index contributed by atoms with van der Waals surface area (Å²) in [7, 11) is 0. The van der Waals surface area contributed by atoms with Gasteiger partial charge in [-0.1, -0.05) is 29.8 Å². The number of carbonyl (C=O) groups is 2. The van der Waals surface area contributed by atoms with Crippen molar-refractivity contribution in [3.8, 4) is 0 Å². The van der Waals surface area contributed by atoms with E-state index in [1.54, 1.807) is 6.07 Å². The average Bonchev–Trinajstić information content (AvgIpc) is 2.36. The van der Waals surface area contributed by atoms with Gasteiger partial charge in [0, 0.05) is 18.1 Å². The quantitative estimate of drug-likeness (QED) is 0.835. The van der Waals surface area contributed by atoms with Gasteiger partial charge in [0.05, 0.1) is 0 Å². The molecule has 0 saturated carbocycles. The van der Waals surface area contributed by atoms with Gasteiger partial charge in [0.1, 0.15) is 5.92 Å². The minimum Gasteiger partial charge on any atom is -0.481 e. The molecule has 0 spiro atoms. The summed E-state index contributed by atoms with van der Waals surface area (Å²) in [5.41, 5.74) is 0.812. The average molecular weight is 270 g/mol. The third kappa shape index (κ3) is 3.47. The molecular weight excluding hydrogens is 254 g/mol. The Morgan fingerprint density at radius 2 is 2.00 bits per heavy atom. The molecule has 0 aliphatic rings. The maximum Gasteiger partial charge on any atom is 0.315 e. The first-order valence-corrected chi connectivity index (χ1v) is 6.10. The van der Waals surface area contributed by atoms with Crippen LogP contribution in [0.25, 0.3) is 0 Å². The highest BCUT2D eigenvalue weighted by Gasteiger charge is 2.25. The number of rotatable bonds is 5. The zero-order chi connectivity index (χ0) is 13.7. The number of hydrogen-bond donors (Lipinski definition) is 1. The summed E-state index contributed by atoms with van der Waals surface area (Å²) in [5, 5.41) is 9.42. The van der Waals surface area contributed by atoms with Crippen molar-refractivity contribution >= 4 is 23.5 Å². The number of nitrogens with zero attached hydrogens (tertiary/aromatic N) is 1. The normalized spacial score (nSPS) is 11.9. The van der Waals surface area contributed by atoms with Gasteiger partial charge in [-0.25, -0.2) is 0 Å². The molecule has 0 aromatic heterocycles. The second-order valence-electron chi connectivity index (χ2n) is 4.00. The SMILES string of the molecule is CCN(Cc1ccccc1Cl)C(=O)C(C)C(=O)O. The zero-order valence-electron chi connectivity index (χ0n) is 10.4. The first-order valence-electron chi connectivity index (χ1n) is 5.72. The van der Waals surface area contributed by atoms with Crippen molar-refractivity contribution in [2.75, 3.05) is 6.54 Å². The first-order chi connectivity index (χ1) is 8.47. The third-order valence-corrected chi connectivity index (χ3v) is 3.12. The van der Waals surface area contributed by atoms with Crippen LogP contribution in [0, 0.1) is 5.92 Å². The van der Waals surface area contributed by atoms with E-state index in [1.807, 2.05) is 25.1 Å². The van der Waals surface area contributed by atoms with Crippen molar-refractivity contribution in [2.45, 2.75) is 20.4 Å². The molecule has 0 saturated heterocycles. The van der Waals surface area contributed by atoms with Crippen LogP contribution in [0.3, 0.4) is 0 Å². The molecule has 1 unspecified atom stereocenters. The van der Waals surface area contributed by atoms with E-state index in [9.17, 15) is 9.59 Å². The zero-order valence-corrected chi connectivity index (χ0v) is 11.1. The van der Waals surface area contributed by atoms with E-state index in [-0.39, 0.29) is 0 Å². The fourth-order valence-corrected chi connectivity index (χ4v) is 1.75. The molecule has 1 aromatic rings. The molecule has 0 heterocycles. The Morgan fingerprint density at radius 3 is 2.50 bits per heavy atom. The van der Waals surface area contributed by atoms with E-state index in [0.29, 0.717) is 18.1 Å². The Morgan fingerprint density at radius 1 is 1.39 bits per heavy atom. The summed E-state index contributed by atoms with van der Waals surface area (Å²) < 4.78 is 0. The molecule has 0 fully saturated rings. The second-order valence-corrected chi connectivity index (χ2v) is 4.41. The fraction of sp³-hybridized carbons (Fsp3) is 0.385. The van der Waals surface area contributed by atoms with Crippen molar-refractivity contribution in [2.24, 2.45) is 5.92 Å². The van der Waals surface area contributed by atoms with Crippen LogP contribution in [0.2, 0.25) is 5.02 Å². The lowest BCUT2D eigenvalue weighted by Crippen LogP contribution is -2.37. The van der Waals surface area contributed by atoms with Crippen molar-refractivity contribution in [3.63, 3.8) is 0 Å². The fourth-order valence-electron chi connectivity index (χ4n) is 1.56. The lowest BCUT2D eigenvalue weighted by atomic mass is 10.1. The largest absolute Gasteiger partial charge is 0.481 e. The van der Waals surface area contributed by atoms with Gasteiger partial charge in [0.15, 0.2) is 0 Å². The van der Waals surface area contributed by atoms with E-state index in [2.05, 4.69) is 0 Å². The highest BCUT2D eigenvalue weighted by molar-refractivity contribution is 6.31. The van der Waals surface area contributed by atoms with Crippen LogP contribution >= 0.6 is 11.6 Å². The van der Waals surface area contributed by atoms with Crippen LogP contribution in [-0.2, 0) is 16.1 Å². The number of benzene rings is 1. The summed E-state index contributed by atoms with van der Waals surface area (Å²) in [6, 6.07) is 7.21. The number of amides is 1. The van der Waals surface area contributed by atoms with E-state index >= 15 is 0 Å². The number of carboxylic acid groups (broad SMARTS) is 1. The van der Waals surface area contributed by atoms with Crippen molar-refractivity contribution < 1.29 is 14.7 Å². The summed E-state index contributed by atoms with van der Waals surface area (Å²) in [4.78, 5) is 24.2. The minimum atomic E-state index is -1.11. The lowest BCUT2D eigenvalue weighted by Gasteiger charge is -2.23. The van der Waals surface area contributed by atoms with Gasteiger partial charge in [-0.15, -0.1) is 0 Å². The second kappa shape index (κ2) is 6.40. The van der Waals surface area contributed by atoms with E-state index < -0.39 is 17.8 Å². The third-order valence-electron chi connectivity index (χ3n) is 2.75. The van der Waals surface area contributed by atoms with Crippen molar-refractivity contribution in [3.05, 3.63) is 34.9 Å². The molecule has 1 amide bonds. The summed E-state index contributed by atoms with van der Waals surface area (Å²) in [5.74, 6) is -2.55. The maximum atomic E-state index is 11.9. The summed E-state index contributed by atoms with van der Waals surface area (Å²) in [6.45, 7) is 3.97. The highest BCUT2D eigenvalue weighted by Crippen LogP contribution is 2.18. The van der Waals surface area contributed by atoms with E-state index in [0.717, 1.165) is 5.56 Å². The molecule has 0 aliphatic heterocycles. The number of hydrogen-bond acceptors (Lipinski definition) is 2. The topological polar surface area (TPSA) is 57.6 Å². The van der Waals surface area contributed by atoms with Gasteiger partial charge in [-0.2, -0.15) is 0 Å². The predicted molar refractivity (Wildman–Crippen MR) is 69.3 cm³/mol. The predicted octanol–water partition coefficient (Wildman–Crippen LogP) is 2.41. The monoisotopic (exact) mass is 269 g/mol. The molecule has 0 bridgehead atoms. The molecule has 0 radical (unpaired) electrons. The molecule has 1 rings (SSSR count). The molecule has 1 aromatic carbocycles. The lowest BCUT2D eigenvalue weighted by molar-refractivity contribution is -0.150. The Bertz CT molecular complexity index is 448. The van der Waals surface area contributed by atoms with Crippen LogP contribution in [0.1, 0.15) is 19.4 Å². The van der Waals surface area contributed by atoms with Gasteiger partial charge in [0.25, 0.3) is 0 Å². The number of aliphatic carboxylic acids is 1. The van der Waals surface area contributed by atoms with Crippen LogP contribution in [-0.4, -0.2) is 28.4 Å². The van der Waals surface area contributed by atoms with Crippen LogP contribution in [0.5, 0.6) is 0 Å². The van der Waals surface area contributed by atoms with Crippen molar-refractivity contribution in [1.82, 2.24) is 4.90 Å².